The molecule has 134 valence electrons. The van der Waals surface area contributed by atoms with Gasteiger partial charge in [0.1, 0.15) is 23.5 Å². The van der Waals surface area contributed by atoms with Crippen LogP contribution in [0, 0.1) is 17.1 Å². The highest BCUT2D eigenvalue weighted by molar-refractivity contribution is 5.96. The van der Waals surface area contributed by atoms with Gasteiger partial charge in [0.25, 0.3) is 5.91 Å². The van der Waals surface area contributed by atoms with Gasteiger partial charge < -0.3 is 9.42 Å². The third-order valence-corrected chi connectivity index (χ3v) is 4.98. The summed E-state index contributed by atoms with van der Waals surface area (Å²) >= 11 is 0. The predicted molar refractivity (Wildman–Crippen MR) is 88.7 cm³/mol. The van der Waals surface area contributed by atoms with Gasteiger partial charge in [0, 0.05) is 25.6 Å². The van der Waals surface area contributed by atoms with E-state index < -0.39 is 5.82 Å². The molecule has 7 nitrogen and oxygen atoms in total. The van der Waals surface area contributed by atoms with E-state index in [4.69, 9.17) is 4.52 Å². The monoisotopic (exact) mass is 355 g/mol. The van der Waals surface area contributed by atoms with Crippen LogP contribution in [0.5, 0.6) is 0 Å². The van der Waals surface area contributed by atoms with Crippen molar-refractivity contribution < 1.29 is 13.7 Å². The number of nitriles is 1. The van der Waals surface area contributed by atoms with Crippen LogP contribution in [0.4, 0.5) is 4.39 Å². The Labute approximate surface area is 150 Å². The topological polar surface area (TPSA) is 86.3 Å². The molecule has 2 fully saturated rings. The van der Waals surface area contributed by atoms with Gasteiger partial charge in [-0.25, -0.2) is 4.39 Å². The van der Waals surface area contributed by atoms with Gasteiger partial charge in [-0.1, -0.05) is 11.2 Å². The van der Waals surface area contributed by atoms with Gasteiger partial charge in [0.15, 0.2) is 5.82 Å². The van der Waals surface area contributed by atoms with E-state index in [1.165, 1.54) is 18.2 Å². The summed E-state index contributed by atoms with van der Waals surface area (Å²) in [5, 5.41) is 13.2. The maximum Gasteiger partial charge on any atom is 0.255 e. The maximum absolute atomic E-state index is 13.8. The Kier molecular flexibility index (Phi) is 4.17. The molecule has 1 amide bonds. The smallest absolute Gasteiger partial charge is 0.255 e. The van der Waals surface area contributed by atoms with E-state index >= 15 is 0 Å². The third kappa shape index (κ3) is 2.95. The van der Waals surface area contributed by atoms with Crippen LogP contribution in [0.25, 0.3) is 0 Å². The third-order valence-electron chi connectivity index (χ3n) is 4.98. The van der Waals surface area contributed by atoms with Crippen molar-refractivity contribution in [1.82, 2.24) is 19.9 Å². The van der Waals surface area contributed by atoms with Gasteiger partial charge >= 0.3 is 0 Å². The van der Waals surface area contributed by atoms with Crippen LogP contribution >= 0.6 is 0 Å². The molecule has 2 heterocycles. The number of nitrogens with zero attached hydrogens (tertiary/aromatic N) is 5. The van der Waals surface area contributed by atoms with Crippen molar-refractivity contribution in [2.24, 2.45) is 0 Å². The fraction of sp³-hybridized carbons (Fsp3) is 0.444. The zero-order valence-electron chi connectivity index (χ0n) is 14.4. The standard InChI is InChI=1S/C18H18FN5O2/c1-23-7-8-24(18(25)12-3-2-4-14(19)13(12)9-20)10-15(23)17-21-16(22-26-17)11-5-6-11/h2-4,11,15H,5-8,10H2,1H3. The summed E-state index contributed by atoms with van der Waals surface area (Å²) in [7, 11) is 1.94. The molecule has 1 atom stereocenters. The molecule has 1 saturated heterocycles. The van der Waals surface area contributed by atoms with Gasteiger partial charge in [0.2, 0.25) is 5.89 Å². The van der Waals surface area contributed by atoms with Crippen LogP contribution < -0.4 is 0 Å². The lowest BCUT2D eigenvalue weighted by molar-refractivity contribution is 0.0488. The number of halogens is 1. The lowest BCUT2D eigenvalue weighted by atomic mass is 10.0. The average Bonchev–Trinajstić information content (AvgIpc) is 3.39. The van der Waals surface area contributed by atoms with Crippen LogP contribution in [0.15, 0.2) is 22.7 Å². The summed E-state index contributed by atoms with van der Waals surface area (Å²) in [5.41, 5.74) is -0.137. The van der Waals surface area contributed by atoms with Gasteiger partial charge in [-0.2, -0.15) is 10.2 Å². The average molecular weight is 355 g/mol. The summed E-state index contributed by atoms with van der Waals surface area (Å²) in [6.07, 6.45) is 2.17. The number of piperazine rings is 1. The van der Waals surface area contributed by atoms with Crippen molar-refractivity contribution in [1.29, 1.82) is 5.26 Å². The molecule has 1 aromatic heterocycles. The number of rotatable bonds is 3. The summed E-state index contributed by atoms with van der Waals surface area (Å²) in [6, 6.07) is 5.67. The Morgan fingerprint density at radius 3 is 2.92 bits per heavy atom. The summed E-state index contributed by atoms with van der Waals surface area (Å²) in [4.78, 5) is 21.0. The minimum Gasteiger partial charge on any atom is -0.338 e. The number of amides is 1. The Morgan fingerprint density at radius 1 is 1.38 bits per heavy atom. The molecule has 0 bridgehead atoms. The predicted octanol–water partition coefficient (Wildman–Crippen LogP) is 2.09. The SMILES string of the molecule is CN1CCN(C(=O)c2cccc(F)c2C#N)CC1c1nc(C2CC2)no1. The molecule has 1 aliphatic heterocycles. The lowest BCUT2D eigenvalue weighted by Crippen LogP contribution is -2.49. The fourth-order valence-corrected chi connectivity index (χ4v) is 3.20. The molecule has 0 spiro atoms. The second-order valence-corrected chi connectivity index (χ2v) is 6.79. The second kappa shape index (κ2) is 6.50. The first-order valence-electron chi connectivity index (χ1n) is 8.60. The Morgan fingerprint density at radius 2 is 2.19 bits per heavy atom. The van der Waals surface area contributed by atoms with Gasteiger partial charge in [-0.15, -0.1) is 0 Å². The molecule has 1 aliphatic carbocycles. The van der Waals surface area contributed by atoms with Crippen LogP contribution in [0.3, 0.4) is 0 Å². The van der Waals surface area contributed by atoms with E-state index in [1.54, 1.807) is 11.0 Å². The highest BCUT2D eigenvalue weighted by Crippen LogP contribution is 2.39. The molecule has 2 aliphatic rings. The van der Waals surface area contributed by atoms with Crippen molar-refractivity contribution in [3.63, 3.8) is 0 Å². The Balaban J connectivity index is 1.57. The van der Waals surface area contributed by atoms with Crippen LogP contribution in [-0.4, -0.2) is 52.5 Å². The minimum absolute atomic E-state index is 0.0833. The number of carbonyl (C=O) groups is 1. The highest BCUT2D eigenvalue weighted by atomic mass is 19.1. The van der Waals surface area contributed by atoms with Gasteiger partial charge in [-0.05, 0) is 32.0 Å². The van der Waals surface area contributed by atoms with Crippen molar-refractivity contribution >= 4 is 5.91 Å². The molecule has 1 saturated carbocycles. The normalized spacial score (nSPS) is 20.8. The van der Waals surface area contributed by atoms with Crippen molar-refractivity contribution in [2.75, 3.05) is 26.7 Å². The Bertz CT molecular complexity index is 886. The first-order valence-corrected chi connectivity index (χ1v) is 8.60. The van der Waals surface area contributed by atoms with Crippen LogP contribution in [0.2, 0.25) is 0 Å². The summed E-state index contributed by atoms with van der Waals surface area (Å²) < 4.78 is 19.3. The molecule has 4 rings (SSSR count). The van der Waals surface area contributed by atoms with E-state index in [9.17, 15) is 14.4 Å². The molecule has 26 heavy (non-hydrogen) atoms. The van der Waals surface area contributed by atoms with E-state index in [0.717, 1.165) is 18.7 Å². The van der Waals surface area contributed by atoms with E-state index in [-0.39, 0.29) is 23.1 Å². The summed E-state index contributed by atoms with van der Waals surface area (Å²) in [6.45, 7) is 1.45. The number of likely N-dealkylation sites (N-methyl/N-ethyl adjacent to an activating group) is 1. The van der Waals surface area contributed by atoms with E-state index in [2.05, 4.69) is 15.0 Å². The molecule has 1 unspecified atom stereocenters. The highest BCUT2D eigenvalue weighted by Gasteiger charge is 2.35. The van der Waals surface area contributed by atoms with Gasteiger partial charge in [-0.3, -0.25) is 9.69 Å². The van der Waals surface area contributed by atoms with Crippen molar-refractivity contribution in [3.05, 3.63) is 46.9 Å². The minimum atomic E-state index is -0.685. The largest absolute Gasteiger partial charge is 0.338 e. The second-order valence-electron chi connectivity index (χ2n) is 6.79. The lowest BCUT2D eigenvalue weighted by Gasteiger charge is -2.37. The summed E-state index contributed by atoms with van der Waals surface area (Å²) in [5.74, 6) is 0.570. The number of benzene rings is 1. The first-order chi connectivity index (χ1) is 12.6. The van der Waals surface area contributed by atoms with E-state index in [1.807, 2.05) is 7.05 Å². The number of hydrogen-bond donors (Lipinski definition) is 0. The molecule has 0 radical (unpaired) electrons. The number of hydrogen-bond acceptors (Lipinski definition) is 6. The molecular weight excluding hydrogens is 337 g/mol. The molecule has 1 aromatic carbocycles. The van der Waals surface area contributed by atoms with Crippen molar-refractivity contribution in [3.8, 4) is 6.07 Å². The zero-order chi connectivity index (χ0) is 18.3. The van der Waals surface area contributed by atoms with Crippen molar-refractivity contribution in [2.45, 2.75) is 24.8 Å². The molecule has 0 N–H and O–H groups in total. The number of aromatic nitrogens is 2. The zero-order valence-corrected chi connectivity index (χ0v) is 14.4. The molecule has 8 heteroatoms. The van der Waals surface area contributed by atoms with Crippen LogP contribution in [-0.2, 0) is 0 Å². The quantitative estimate of drug-likeness (QED) is 0.838. The van der Waals surface area contributed by atoms with E-state index in [0.29, 0.717) is 31.4 Å². The molecule has 2 aromatic rings. The van der Waals surface area contributed by atoms with Crippen LogP contribution in [0.1, 0.15) is 52.4 Å². The van der Waals surface area contributed by atoms with Gasteiger partial charge in [0.05, 0.1) is 5.56 Å². The number of carbonyl (C=O) groups excluding carboxylic acids is 1. The fourth-order valence-electron chi connectivity index (χ4n) is 3.20. The molecular formula is C18H18FN5O2. The maximum atomic E-state index is 13.8. The Hall–Kier alpha value is -2.79. The first kappa shape index (κ1) is 16.7.